The van der Waals surface area contributed by atoms with Crippen molar-refractivity contribution in [3.63, 3.8) is 0 Å². The van der Waals surface area contributed by atoms with Crippen LogP contribution < -0.4 is 0 Å². The third-order valence-electron chi connectivity index (χ3n) is 4.48. The van der Waals surface area contributed by atoms with Crippen LogP contribution in [0.15, 0.2) is 35.1 Å². The van der Waals surface area contributed by atoms with Crippen molar-refractivity contribution in [3.05, 3.63) is 47.9 Å². The maximum Gasteiger partial charge on any atom is 0.361 e. The number of nitrogens with zero attached hydrogens (tertiary/aromatic N) is 3. The van der Waals surface area contributed by atoms with Crippen molar-refractivity contribution in [1.29, 1.82) is 0 Å². The van der Waals surface area contributed by atoms with E-state index in [4.69, 9.17) is 13.9 Å². The summed E-state index contributed by atoms with van der Waals surface area (Å²) in [6.07, 6.45) is 2.27. The van der Waals surface area contributed by atoms with Crippen molar-refractivity contribution in [1.82, 2.24) is 14.5 Å². The van der Waals surface area contributed by atoms with Crippen LogP contribution in [-0.4, -0.2) is 27.1 Å². The molecule has 7 nitrogen and oxygen atoms in total. The van der Waals surface area contributed by atoms with Crippen molar-refractivity contribution in [2.45, 2.75) is 32.0 Å². The Morgan fingerprint density at radius 1 is 1.40 bits per heavy atom. The monoisotopic (exact) mass is 341 g/mol. The number of para-hydroxylation sites is 2. The first-order valence-electron chi connectivity index (χ1n) is 8.32. The lowest BCUT2D eigenvalue weighted by molar-refractivity contribution is 0.0294. The lowest BCUT2D eigenvalue weighted by Gasteiger charge is -2.13. The van der Waals surface area contributed by atoms with Crippen molar-refractivity contribution in [3.8, 4) is 0 Å². The molecule has 4 rings (SSSR count). The molecule has 0 saturated carbocycles. The van der Waals surface area contributed by atoms with Crippen molar-refractivity contribution in [2.24, 2.45) is 7.05 Å². The average molecular weight is 341 g/mol. The number of aryl methyl sites for hydroxylation is 1. The number of oxazole rings is 1. The highest BCUT2D eigenvalue weighted by Gasteiger charge is 2.30. The highest BCUT2D eigenvalue weighted by atomic mass is 16.5. The van der Waals surface area contributed by atoms with E-state index in [2.05, 4.69) is 9.97 Å². The van der Waals surface area contributed by atoms with Gasteiger partial charge in [-0.25, -0.2) is 14.8 Å². The molecular formula is C18H19N3O4. The van der Waals surface area contributed by atoms with Crippen LogP contribution >= 0.6 is 0 Å². The minimum absolute atomic E-state index is 0.178. The molecule has 0 spiro atoms. The Kier molecular flexibility index (Phi) is 4.01. The van der Waals surface area contributed by atoms with E-state index in [1.807, 2.05) is 35.9 Å². The second-order valence-electron chi connectivity index (χ2n) is 6.13. The van der Waals surface area contributed by atoms with Gasteiger partial charge in [0.15, 0.2) is 29.8 Å². The number of imidazole rings is 1. The fourth-order valence-corrected chi connectivity index (χ4v) is 3.22. The number of carbonyl (C=O) groups is 1. The van der Waals surface area contributed by atoms with Crippen LogP contribution in [0, 0.1) is 0 Å². The summed E-state index contributed by atoms with van der Waals surface area (Å²) < 4.78 is 18.5. The van der Waals surface area contributed by atoms with Gasteiger partial charge >= 0.3 is 5.97 Å². The fourth-order valence-electron chi connectivity index (χ4n) is 3.22. The van der Waals surface area contributed by atoms with E-state index in [0.717, 1.165) is 23.9 Å². The Hall–Kier alpha value is -2.67. The number of esters is 1. The molecule has 0 radical (unpaired) electrons. The SMILES string of the molecule is CC(OC(=O)c1ncoc1C1CCCO1)c1nc2ccccc2n1C. The zero-order valence-corrected chi connectivity index (χ0v) is 14.1. The molecule has 2 atom stereocenters. The molecule has 0 N–H and O–H groups in total. The van der Waals surface area contributed by atoms with Gasteiger partial charge in [-0.3, -0.25) is 0 Å². The summed E-state index contributed by atoms with van der Waals surface area (Å²) in [7, 11) is 1.91. The van der Waals surface area contributed by atoms with E-state index in [-0.39, 0.29) is 11.8 Å². The second-order valence-corrected chi connectivity index (χ2v) is 6.13. The number of carbonyl (C=O) groups excluding carboxylic acids is 1. The summed E-state index contributed by atoms with van der Waals surface area (Å²) in [6, 6.07) is 7.79. The zero-order chi connectivity index (χ0) is 17.4. The van der Waals surface area contributed by atoms with Gasteiger partial charge in [0.25, 0.3) is 0 Å². The third kappa shape index (κ3) is 2.80. The van der Waals surface area contributed by atoms with Gasteiger partial charge in [-0.2, -0.15) is 0 Å². The Balaban J connectivity index is 1.56. The van der Waals surface area contributed by atoms with Gasteiger partial charge in [0.05, 0.1) is 11.0 Å². The molecule has 3 heterocycles. The Labute approximate surface area is 144 Å². The quantitative estimate of drug-likeness (QED) is 0.677. The largest absolute Gasteiger partial charge is 0.450 e. The first-order chi connectivity index (χ1) is 12.1. The van der Waals surface area contributed by atoms with Crippen molar-refractivity contribution in [2.75, 3.05) is 6.61 Å². The van der Waals surface area contributed by atoms with Crippen LogP contribution in [0.25, 0.3) is 11.0 Å². The van der Waals surface area contributed by atoms with Crippen LogP contribution in [0.4, 0.5) is 0 Å². The smallest absolute Gasteiger partial charge is 0.361 e. The van der Waals surface area contributed by atoms with Crippen LogP contribution in [-0.2, 0) is 16.5 Å². The molecule has 0 aliphatic carbocycles. The third-order valence-corrected chi connectivity index (χ3v) is 4.48. The summed E-state index contributed by atoms with van der Waals surface area (Å²) in [5.41, 5.74) is 2.03. The summed E-state index contributed by atoms with van der Waals surface area (Å²) in [5, 5.41) is 0. The molecule has 1 saturated heterocycles. The summed E-state index contributed by atoms with van der Waals surface area (Å²) in [4.78, 5) is 21.1. The molecule has 0 bridgehead atoms. The Bertz CT molecular complexity index is 908. The number of aromatic nitrogens is 3. The number of hydrogen-bond acceptors (Lipinski definition) is 6. The molecular weight excluding hydrogens is 322 g/mol. The van der Waals surface area contributed by atoms with Crippen LogP contribution in [0.2, 0.25) is 0 Å². The highest BCUT2D eigenvalue weighted by Crippen LogP contribution is 2.31. The van der Waals surface area contributed by atoms with E-state index in [1.54, 1.807) is 6.92 Å². The Morgan fingerprint density at radius 2 is 2.24 bits per heavy atom. The molecule has 2 aromatic heterocycles. The van der Waals surface area contributed by atoms with Gasteiger partial charge in [0, 0.05) is 13.7 Å². The number of benzene rings is 1. The predicted octanol–water partition coefficient (Wildman–Crippen LogP) is 3.33. The fraction of sp³-hybridized carbons (Fsp3) is 0.389. The summed E-state index contributed by atoms with van der Waals surface area (Å²) in [5.74, 6) is 0.593. The summed E-state index contributed by atoms with van der Waals surface area (Å²) in [6.45, 7) is 2.46. The summed E-state index contributed by atoms with van der Waals surface area (Å²) >= 11 is 0. The number of rotatable bonds is 4. The van der Waals surface area contributed by atoms with Crippen LogP contribution in [0.5, 0.6) is 0 Å². The maximum atomic E-state index is 12.6. The lowest BCUT2D eigenvalue weighted by atomic mass is 10.1. The van der Waals surface area contributed by atoms with E-state index in [1.165, 1.54) is 6.39 Å². The molecule has 0 amide bonds. The van der Waals surface area contributed by atoms with Crippen LogP contribution in [0.1, 0.15) is 54.0 Å². The first kappa shape index (κ1) is 15.8. The van der Waals surface area contributed by atoms with Gasteiger partial charge in [-0.1, -0.05) is 12.1 Å². The second kappa shape index (κ2) is 6.33. The van der Waals surface area contributed by atoms with E-state index in [0.29, 0.717) is 18.2 Å². The average Bonchev–Trinajstić information content (AvgIpc) is 3.34. The molecule has 130 valence electrons. The lowest BCUT2D eigenvalue weighted by Crippen LogP contribution is -2.15. The van der Waals surface area contributed by atoms with Gasteiger partial charge in [0.1, 0.15) is 6.10 Å². The molecule has 1 aromatic carbocycles. The minimum Gasteiger partial charge on any atom is -0.450 e. The number of ether oxygens (including phenoxy) is 2. The molecule has 7 heteroatoms. The molecule has 1 aliphatic heterocycles. The highest BCUT2D eigenvalue weighted by molar-refractivity contribution is 5.88. The van der Waals surface area contributed by atoms with Crippen LogP contribution in [0.3, 0.4) is 0 Å². The number of fused-ring (bicyclic) bond motifs is 1. The minimum atomic E-state index is -0.529. The molecule has 1 aliphatic rings. The molecule has 2 unspecified atom stereocenters. The van der Waals surface area contributed by atoms with Gasteiger partial charge in [-0.15, -0.1) is 0 Å². The standard InChI is InChI=1S/C18H19N3O4/c1-11(17-20-12-6-3-4-7-13(12)21(17)2)25-18(22)15-16(24-10-19-15)14-8-5-9-23-14/h3-4,6-7,10-11,14H,5,8-9H2,1-2H3. The van der Waals surface area contributed by atoms with Crippen molar-refractivity contribution >= 4 is 17.0 Å². The van der Waals surface area contributed by atoms with Crippen molar-refractivity contribution < 1.29 is 18.7 Å². The molecule has 25 heavy (non-hydrogen) atoms. The van der Waals surface area contributed by atoms with E-state index < -0.39 is 12.1 Å². The number of hydrogen-bond donors (Lipinski definition) is 0. The van der Waals surface area contributed by atoms with Gasteiger partial charge < -0.3 is 18.5 Å². The van der Waals surface area contributed by atoms with E-state index >= 15 is 0 Å². The van der Waals surface area contributed by atoms with Gasteiger partial charge in [0.2, 0.25) is 0 Å². The molecule has 1 fully saturated rings. The zero-order valence-electron chi connectivity index (χ0n) is 14.1. The predicted molar refractivity (Wildman–Crippen MR) is 89.0 cm³/mol. The topological polar surface area (TPSA) is 79.4 Å². The Morgan fingerprint density at radius 3 is 3.00 bits per heavy atom. The van der Waals surface area contributed by atoms with E-state index in [9.17, 15) is 4.79 Å². The maximum absolute atomic E-state index is 12.6. The normalized spacial score (nSPS) is 18.6. The first-order valence-corrected chi connectivity index (χ1v) is 8.32. The molecule has 3 aromatic rings. The van der Waals surface area contributed by atoms with Gasteiger partial charge in [-0.05, 0) is 31.9 Å².